The van der Waals surface area contributed by atoms with E-state index in [0.717, 1.165) is 25.7 Å². The zero-order valence-corrected chi connectivity index (χ0v) is 8.73. The van der Waals surface area contributed by atoms with Gasteiger partial charge in [-0.25, -0.2) is 0 Å². The zero-order valence-electron chi connectivity index (χ0n) is 8.73. The van der Waals surface area contributed by atoms with Crippen LogP contribution >= 0.6 is 0 Å². The van der Waals surface area contributed by atoms with Gasteiger partial charge in [0.25, 0.3) is 0 Å². The van der Waals surface area contributed by atoms with Crippen LogP contribution in [0.2, 0.25) is 0 Å². The highest BCUT2D eigenvalue weighted by Gasteiger charge is 2.10. The summed E-state index contributed by atoms with van der Waals surface area (Å²) in [4.78, 5) is 11.4. The molecule has 0 aromatic carbocycles. The minimum absolute atomic E-state index is 0.302. The number of carbonyl (C=O) groups excluding carboxylic acids is 1. The molecule has 0 bridgehead atoms. The third-order valence-corrected chi connectivity index (χ3v) is 2.32. The zero-order chi connectivity index (χ0) is 9.40. The molecule has 0 heterocycles. The molecular formula is C11H22O. The molecule has 1 heteroatoms. The van der Waals surface area contributed by atoms with Gasteiger partial charge in [-0.05, 0) is 12.8 Å². The molecule has 0 aliphatic heterocycles. The van der Waals surface area contributed by atoms with E-state index in [-0.39, 0.29) is 0 Å². The molecule has 1 nitrogen and oxygen atoms in total. The van der Waals surface area contributed by atoms with Crippen molar-refractivity contribution in [3.05, 3.63) is 0 Å². The summed E-state index contributed by atoms with van der Waals surface area (Å²) in [6, 6.07) is 0. The van der Waals surface area contributed by atoms with Crippen molar-refractivity contribution in [2.24, 2.45) is 5.92 Å². The maximum Gasteiger partial charge on any atom is 0.135 e. The summed E-state index contributed by atoms with van der Waals surface area (Å²) in [7, 11) is 0. The summed E-state index contributed by atoms with van der Waals surface area (Å²) in [5.41, 5.74) is 0. The van der Waals surface area contributed by atoms with Gasteiger partial charge in [-0.2, -0.15) is 0 Å². The van der Waals surface area contributed by atoms with Gasteiger partial charge in [0, 0.05) is 12.3 Å². The molecule has 0 amide bonds. The van der Waals surface area contributed by atoms with Crippen molar-refractivity contribution in [3.63, 3.8) is 0 Å². The predicted octanol–water partition coefficient (Wildman–Crippen LogP) is 3.57. The standard InChI is InChI=1S/C11H22O/c1-4-6-8-10(3)11(12)9-7-5-2/h10H,4-9H2,1-3H3. The molecule has 1 unspecified atom stereocenters. The van der Waals surface area contributed by atoms with Crippen molar-refractivity contribution in [1.82, 2.24) is 0 Å². The summed E-state index contributed by atoms with van der Waals surface area (Å²) >= 11 is 0. The van der Waals surface area contributed by atoms with Crippen molar-refractivity contribution in [2.45, 2.75) is 59.3 Å². The highest BCUT2D eigenvalue weighted by molar-refractivity contribution is 5.80. The largest absolute Gasteiger partial charge is 0.299 e. The monoisotopic (exact) mass is 170 g/mol. The maximum absolute atomic E-state index is 11.4. The number of Topliss-reactive ketones (excluding diaryl/α,β-unsaturated/α-hetero) is 1. The quantitative estimate of drug-likeness (QED) is 0.571. The number of unbranched alkanes of at least 4 members (excludes halogenated alkanes) is 2. The average molecular weight is 170 g/mol. The second-order valence-corrected chi connectivity index (χ2v) is 3.61. The van der Waals surface area contributed by atoms with E-state index in [1.807, 2.05) is 0 Å². The molecule has 0 aliphatic rings. The average Bonchev–Trinajstić information content (AvgIpc) is 2.10. The molecule has 0 aromatic heterocycles. The molecule has 0 N–H and O–H groups in total. The van der Waals surface area contributed by atoms with Crippen molar-refractivity contribution < 1.29 is 4.79 Å². The van der Waals surface area contributed by atoms with E-state index in [1.54, 1.807) is 0 Å². The Morgan fingerprint density at radius 3 is 2.25 bits per heavy atom. The van der Waals surface area contributed by atoms with E-state index in [9.17, 15) is 4.79 Å². The molecule has 0 aliphatic carbocycles. The first kappa shape index (κ1) is 11.7. The van der Waals surface area contributed by atoms with Gasteiger partial charge in [0.1, 0.15) is 5.78 Å². The molecule has 0 saturated carbocycles. The van der Waals surface area contributed by atoms with Crippen LogP contribution in [0.15, 0.2) is 0 Å². The second kappa shape index (κ2) is 7.33. The lowest BCUT2D eigenvalue weighted by Gasteiger charge is -2.08. The van der Waals surface area contributed by atoms with Crippen LogP contribution in [0, 0.1) is 5.92 Å². The first-order valence-corrected chi connectivity index (χ1v) is 5.25. The molecule has 12 heavy (non-hydrogen) atoms. The molecule has 0 aromatic rings. The fourth-order valence-corrected chi connectivity index (χ4v) is 1.27. The van der Waals surface area contributed by atoms with Crippen LogP contribution in [0.4, 0.5) is 0 Å². The molecular weight excluding hydrogens is 148 g/mol. The van der Waals surface area contributed by atoms with E-state index in [2.05, 4.69) is 20.8 Å². The SMILES string of the molecule is CCCCC(=O)C(C)CCCC. The van der Waals surface area contributed by atoms with Crippen molar-refractivity contribution >= 4 is 5.78 Å². The Hall–Kier alpha value is -0.330. The number of hydrogen-bond acceptors (Lipinski definition) is 1. The first-order chi connectivity index (χ1) is 5.72. The summed E-state index contributed by atoms with van der Waals surface area (Å²) in [5.74, 6) is 0.766. The summed E-state index contributed by atoms with van der Waals surface area (Å²) in [5, 5.41) is 0. The van der Waals surface area contributed by atoms with Gasteiger partial charge < -0.3 is 0 Å². The van der Waals surface area contributed by atoms with Gasteiger partial charge in [0.15, 0.2) is 0 Å². The van der Waals surface area contributed by atoms with Crippen molar-refractivity contribution in [2.75, 3.05) is 0 Å². The lowest BCUT2D eigenvalue weighted by Crippen LogP contribution is -2.10. The molecule has 0 spiro atoms. The van der Waals surface area contributed by atoms with Crippen molar-refractivity contribution in [3.8, 4) is 0 Å². The Morgan fingerprint density at radius 1 is 1.17 bits per heavy atom. The Bertz CT molecular complexity index is 118. The van der Waals surface area contributed by atoms with Gasteiger partial charge in [-0.3, -0.25) is 4.79 Å². The first-order valence-electron chi connectivity index (χ1n) is 5.25. The van der Waals surface area contributed by atoms with Gasteiger partial charge >= 0.3 is 0 Å². The third-order valence-electron chi connectivity index (χ3n) is 2.32. The number of ketones is 1. The van der Waals surface area contributed by atoms with E-state index >= 15 is 0 Å². The minimum Gasteiger partial charge on any atom is -0.299 e. The van der Waals surface area contributed by atoms with E-state index in [0.29, 0.717) is 11.7 Å². The predicted molar refractivity (Wildman–Crippen MR) is 53.2 cm³/mol. The van der Waals surface area contributed by atoms with Crippen molar-refractivity contribution in [1.29, 1.82) is 0 Å². The van der Waals surface area contributed by atoms with Crippen LogP contribution < -0.4 is 0 Å². The highest BCUT2D eigenvalue weighted by atomic mass is 16.1. The lowest BCUT2D eigenvalue weighted by molar-refractivity contribution is -0.122. The molecule has 72 valence electrons. The fraction of sp³-hybridized carbons (Fsp3) is 0.909. The van der Waals surface area contributed by atoms with Crippen LogP contribution in [-0.4, -0.2) is 5.78 Å². The number of carbonyl (C=O) groups is 1. The lowest BCUT2D eigenvalue weighted by atomic mass is 9.96. The molecule has 0 radical (unpaired) electrons. The normalized spacial score (nSPS) is 12.9. The molecule has 0 saturated heterocycles. The van der Waals surface area contributed by atoms with Crippen LogP contribution in [0.1, 0.15) is 59.3 Å². The van der Waals surface area contributed by atoms with Gasteiger partial charge in [0.05, 0.1) is 0 Å². The van der Waals surface area contributed by atoms with Crippen LogP contribution in [0.5, 0.6) is 0 Å². The Morgan fingerprint density at radius 2 is 1.75 bits per heavy atom. The summed E-state index contributed by atoms with van der Waals surface area (Å²) < 4.78 is 0. The van der Waals surface area contributed by atoms with Gasteiger partial charge in [-0.1, -0.05) is 40.0 Å². The van der Waals surface area contributed by atoms with E-state index < -0.39 is 0 Å². The Kier molecular flexibility index (Phi) is 7.12. The molecule has 0 rings (SSSR count). The number of rotatable bonds is 7. The minimum atomic E-state index is 0.302. The van der Waals surface area contributed by atoms with Crippen LogP contribution in [-0.2, 0) is 4.79 Å². The van der Waals surface area contributed by atoms with E-state index in [4.69, 9.17) is 0 Å². The Labute approximate surface area is 76.6 Å². The summed E-state index contributed by atoms with van der Waals surface area (Å²) in [6.07, 6.45) is 6.46. The molecule has 0 fully saturated rings. The topological polar surface area (TPSA) is 17.1 Å². The fourth-order valence-electron chi connectivity index (χ4n) is 1.27. The van der Waals surface area contributed by atoms with Crippen LogP contribution in [0.25, 0.3) is 0 Å². The smallest absolute Gasteiger partial charge is 0.135 e. The highest BCUT2D eigenvalue weighted by Crippen LogP contribution is 2.12. The van der Waals surface area contributed by atoms with Crippen LogP contribution in [0.3, 0.4) is 0 Å². The van der Waals surface area contributed by atoms with Gasteiger partial charge in [0.2, 0.25) is 0 Å². The van der Waals surface area contributed by atoms with Gasteiger partial charge in [-0.15, -0.1) is 0 Å². The molecule has 1 atom stereocenters. The Balaban J connectivity index is 3.47. The van der Waals surface area contributed by atoms with E-state index in [1.165, 1.54) is 12.8 Å². The number of hydrogen-bond donors (Lipinski definition) is 0. The maximum atomic E-state index is 11.4. The summed E-state index contributed by atoms with van der Waals surface area (Å²) in [6.45, 7) is 6.36. The third kappa shape index (κ3) is 5.34. The second-order valence-electron chi connectivity index (χ2n) is 3.61.